The lowest BCUT2D eigenvalue weighted by atomic mass is 10.1. The first-order chi connectivity index (χ1) is 9.76. The van der Waals surface area contributed by atoms with E-state index in [0.29, 0.717) is 13.1 Å². The van der Waals surface area contributed by atoms with Gasteiger partial charge in [-0.05, 0) is 39.0 Å². The number of aryl methyl sites for hydroxylation is 1. The summed E-state index contributed by atoms with van der Waals surface area (Å²) in [6, 6.07) is 4.77. The van der Waals surface area contributed by atoms with Gasteiger partial charge in [0.1, 0.15) is 11.4 Å². The Morgan fingerprint density at radius 3 is 2.67 bits per heavy atom. The van der Waals surface area contributed by atoms with E-state index in [1.807, 2.05) is 32.4 Å². The van der Waals surface area contributed by atoms with Crippen molar-refractivity contribution in [3.63, 3.8) is 0 Å². The van der Waals surface area contributed by atoms with Crippen LogP contribution in [0.3, 0.4) is 0 Å². The standard InChI is InChI=1S/C16H19FN2O2/c1-16(2,3)21-15(20)19-8-12-11-6-5-10(17)7-13(11)18(4)14(12)9-19/h5-7H,8-9H2,1-4H3. The fourth-order valence-electron chi connectivity index (χ4n) is 2.80. The molecule has 5 heteroatoms. The molecule has 1 aliphatic heterocycles. The van der Waals surface area contributed by atoms with Crippen LogP contribution in [0.1, 0.15) is 32.0 Å². The molecule has 21 heavy (non-hydrogen) atoms. The second kappa shape index (κ2) is 4.48. The van der Waals surface area contributed by atoms with Gasteiger partial charge in [-0.25, -0.2) is 9.18 Å². The topological polar surface area (TPSA) is 34.5 Å². The maximum atomic E-state index is 13.4. The summed E-state index contributed by atoms with van der Waals surface area (Å²) >= 11 is 0. The molecule has 0 spiro atoms. The molecular weight excluding hydrogens is 271 g/mol. The quantitative estimate of drug-likeness (QED) is 0.743. The molecule has 3 rings (SSSR count). The fourth-order valence-corrected chi connectivity index (χ4v) is 2.80. The fraction of sp³-hybridized carbons (Fsp3) is 0.438. The molecule has 0 saturated carbocycles. The molecule has 0 atom stereocenters. The highest BCUT2D eigenvalue weighted by molar-refractivity contribution is 5.87. The highest BCUT2D eigenvalue weighted by atomic mass is 19.1. The van der Waals surface area contributed by atoms with Gasteiger partial charge >= 0.3 is 6.09 Å². The Labute approximate surface area is 123 Å². The van der Waals surface area contributed by atoms with Crippen LogP contribution in [0.5, 0.6) is 0 Å². The predicted molar refractivity (Wildman–Crippen MR) is 78.4 cm³/mol. The average Bonchev–Trinajstić information content (AvgIpc) is 2.89. The number of carbonyl (C=O) groups excluding carboxylic acids is 1. The number of ether oxygens (including phenoxy) is 1. The molecule has 0 saturated heterocycles. The van der Waals surface area contributed by atoms with Crippen LogP contribution < -0.4 is 0 Å². The molecule has 0 bridgehead atoms. The SMILES string of the molecule is Cn1c2c(c3ccc(F)cc31)CN(C(=O)OC(C)(C)C)C2. The smallest absolute Gasteiger partial charge is 0.410 e. The van der Waals surface area contributed by atoms with Crippen LogP contribution in [0.25, 0.3) is 10.9 Å². The molecule has 0 fully saturated rings. The monoisotopic (exact) mass is 290 g/mol. The molecular formula is C16H19FN2O2. The second-order valence-electron chi connectivity index (χ2n) is 6.48. The van der Waals surface area contributed by atoms with Gasteiger partial charge in [0.25, 0.3) is 0 Å². The first kappa shape index (κ1) is 13.9. The van der Waals surface area contributed by atoms with E-state index in [1.54, 1.807) is 11.0 Å². The van der Waals surface area contributed by atoms with Crippen LogP contribution in [0.2, 0.25) is 0 Å². The molecule has 0 unspecified atom stereocenters. The number of hydrogen-bond donors (Lipinski definition) is 0. The summed E-state index contributed by atoms with van der Waals surface area (Å²) in [6.07, 6.45) is -0.311. The zero-order chi connectivity index (χ0) is 15.4. The van der Waals surface area contributed by atoms with Gasteiger partial charge in [0, 0.05) is 23.7 Å². The minimum absolute atomic E-state index is 0.245. The van der Waals surface area contributed by atoms with Crippen molar-refractivity contribution in [2.24, 2.45) is 7.05 Å². The molecule has 0 N–H and O–H groups in total. The van der Waals surface area contributed by atoms with E-state index in [9.17, 15) is 9.18 Å². The molecule has 4 nitrogen and oxygen atoms in total. The van der Waals surface area contributed by atoms with Crippen LogP contribution in [0.4, 0.5) is 9.18 Å². The van der Waals surface area contributed by atoms with Crippen LogP contribution >= 0.6 is 0 Å². The Bertz CT molecular complexity index is 728. The van der Waals surface area contributed by atoms with Gasteiger partial charge in [-0.3, -0.25) is 4.90 Å². The molecule has 2 aromatic rings. The highest BCUT2D eigenvalue weighted by Crippen LogP contribution is 2.33. The van der Waals surface area contributed by atoms with Crippen molar-refractivity contribution < 1.29 is 13.9 Å². The van der Waals surface area contributed by atoms with Crippen molar-refractivity contribution in [2.45, 2.75) is 39.5 Å². The molecule has 112 valence electrons. The van der Waals surface area contributed by atoms with Crippen molar-refractivity contribution in [1.29, 1.82) is 0 Å². The molecule has 0 aliphatic carbocycles. The predicted octanol–water partition coefficient (Wildman–Crippen LogP) is 3.57. The Kier molecular flexibility index (Phi) is 2.97. The lowest BCUT2D eigenvalue weighted by Gasteiger charge is -2.24. The van der Waals surface area contributed by atoms with Crippen molar-refractivity contribution in [1.82, 2.24) is 9.47 Å². The summed E-state index contributed by atoms with van der Waals surface area (Å²) in [4.78, 5) is 13.8. The Hall–Kier alpha value is -2.04. The normalized spacial score (nSPS) is 14.6. The van der Waals surface area contributed by atoms with E-state index < -0.39 is 5.60 Å². The minimum atomic E-state index is -0.503. The van der Waals surface area contributed by atoms with E-state index >= 15 is 0 Å². The zero-order valence-electron chi connectivity index (χ0n) is 12.7. The van der Waals surface area contributed by atoms with E-state index in [4.69, 9.17) is 4.74 Å². The first-order valence-corrected chi connectivity index (χ1v) is 7.00. The number of halogens is 1. The van der Waals surface area contributed by atoms with Gasteiger partial charge in [-0.2, -0.15) is 0 Å². The summed E-state index contributed by atoms with van der Waals surface area (Å²) in [5.41, 5.74) is 2.49. The third-order valence-corrected chi connectivity index (χ3v) is 3.74. The van der Waals surface area contributed by atoms with E-state index in [0.717, 1.165) is 22.2 Å². The Balaban J connectivity index is 1.92. The van der Waals surface area contributed by atoms with Crippen molar-refractivity contribution >= 4 is 17.0 Å². The lowest BCUT2D eigenvalue weighted by molar-refractivity contribution is 0.0240. The molecule has 1 aromatic carbocycles. The number of fused-ring (bicyclic) bond motifs is 3. The number of amides is 1. The third kappa shape index (κ3) is 2.37. The lowest BCUT2D eigenvalue weighted by Crippen LogP contribution is -2.33. The van der Waals surface area contributed by atoms with Gasteiger partial charge in [-0.15, -0.1) is 0 Å². The van der Waals surface area contributed by atoms with Crippen LogP contribution in [0, 0.1) is 5.82 Å². The largest absolute Gasteiger partial charge is 0.444 e. The molecule has 2 heterocycles. The van der Waals surface area contributed by atoms with Gasteiger partial charge in [0.2, 0.25) is 0 Å². The minimum Gasteiger partial charge on any atom is -0.444 e. The number of nitrogens with zero attached hydrogens (tertiary/aromatic N) is 2. The van der Waals surface area contributed by atoms with E-state index in [2.05, 4.69) is 0 Å². The van der Waals surface area contributed by atoms with Crippen LogP contribution in [-0.4, -0.2) is 21.2 Å². The number of hydrogen-bond acceptors (Lipinski definition) is 2. The summed E-state index contributed by atoms with van der Waals surface area (Å²) in [5, 5.41) is 1.000. The van der Waals surface area contributed by atoms with E-state index in [-0.39, 0.29) is 11.9 Å². The summed E-state index contributed by atoms with van der Waals surface area (Å²) in [7, 11) is 1.90. The highest BCUT2D eigenvalue weighted by Gasteiger charge is 2.31. The number of carbonyl (C=O) groups is 1. The van der Waals surface area contributed by atoms with Crippen molar-refractivity contribution in [3.05, 3.63) is 35.3 Å². The van der Waals surface area contributed by atoms with Crippen molar-refractivity contribution in [3.8, 4) is 0 Å². The number of rotatable bonds is 0. The summed E-state index contributed by atoms with van der Waals surface area (Å²) < 4.78 is 20.7. The first-order valence-electron chi connectivity index (χ1n) is 7.00. The summed E-state index contributed by atoms with van der Waals surface area (Å²) in [5.74, 6) is -0.245. The second-order valence-corrected chi connectivity index (χ2v) is 6.48. The van der Waals surface area contributed by atoms with Gasteiger partial charge in [-0.1, -0.05) is 0 Å². The maximum Gasteiger partial charge on any atom is 0.410 e. The third-order valence-electron chi connectivity index (χ3n) is 3.74. The Morgan fingerprint density at radius 2 is 2.00 bits per heavy atom. The molecule has 1 aromatic heterocycles. The molecule has 1 amide bonds. The van der Waals surface area contributed by atoms with Gasteiger partial charge < -0.3 is 9.30 Å². The number of benzene rings is 1. The van der Waals surface area contributed by atoms with Gasteiger partial charge in [0.15, 0.2) is 0 Å². The van der Waals surface area contributed by atoms with Crippen LogP contribution in [-0.2, 0) is 24.9 Å². The zero-order valence-corrected chi connectivity index (χ0v) is 12.7. The van der Waals surface area contributed by atoms with Crippen molar-refractivity contribution in [2.75, 3.05) is 0 Å². The van der Waals surface area contributed by atoms with E-state index in [1.165, 1.54) is 12.1 Å². The summed E-state index contributed by atoms with van der Waals surface area (Å²) in [6.45, 7) is 6.56. The average molecular weight is 290 g/mol. The molecule has 0 radical (unpaired) electrons. The van der Waals surface area contributed by atoms with Gasteiger partial charge in [0.05, 0.1) is 18.6 Å². The van der Waals surface area contributed by atoms with Crippen LogP contribution in [0.15, 0.2) is 18.2 Å². The maximum absolute atomic E-state index is 13.4. The Morgan fingerprint density at radius 1 is 1.29 bits per heavy atom. The molecule has 1 aliphatic rings. The number of aromatic nitrogens is 1.